The molecule has 5 heteroatoms. The molecule has 4 nitrogen and oxygen atoms in total. The Hall–Kier alpha value is -1.62. The predicted octanol–water partition coefficient (Wildman–Crippen LogP) is 2.65. The van der Waals surface area contributed by atoms with Crippen LogP contribution >= 0.6 is 15.9 Å². The lowest BCUT2D eigenvalue weighted by Gasteiger charge is -2.11. The Labute approximate surface area is 108 Å². The molecule has 2 aromatic heterocycles. The zero-order chi connectivity index (χ0) is 12.4. The van der Waals surface area contributed by atoms with Crippen LogP contribution in [0.5, 0.6) is 0 Å². The first-order valence-electron chi connectivity index (χ1n) is 5.16. The Bertz CT molecular complexity index is 543. The molecule has 0 aliphatic carbocycles. The first-order chi connectivity index (χ1) is 8.09. The Morgan fingerprint density at radius 1 is 1.29 bits per heavy atom. The molecule has 0 fully saturated rings. The van der Waals surface area contributed by atoms with Crippen LogP contribution < -0.4 is 5.43 Å². The molecular formula is C12H12BrN3O. The molecule has 2 rings (SSSR count). The fourth-order valence-corrected chi connectivity index (χ4v) is 1.99. The van der Waals surface area contributed by atoms with Gasteiger partial charge in [0.05, 0.1) is 0 Å². The van der Waals surface area contributed by atoms with E-state index in [1.165, 1.54) is 0 Å². The molecule has 17 heavy (non-hydrogen) atoms. The molecule has 0 atom stereocenters. The normalized spacial score (nSPS) is 10.3. The lowest BCUT2D eigenvalue weighted by Crippen LogP contribution is -2.25. The van der Waals surface area contributed by atoms with E-state index in [9.17, 15) is 4.79 Å². The Balaban J connectivity index is 2.27. The summed E-state index contributed by atoms with van der Waals surface area (Å²) in [6, 6.07) is 7.45. The fraction of sp³-hybridized carbons (Fsp3) is 0.167. The quantitative estimate of drug-likeness (QED) is 0.925. The van der Waals surface area contributed by atoms with Gasteiger partial charge >= 0.3 is 0 Å². The van der Waals surface area contributed by atoms with E-state index < -0.39 is 0 Å². The molecule has 0 aliphatic heterocycles. The van der Waals surface area contributed by atoms with Crippen molar-refractivity contribution in [2.45, 2.75) is 13.8 Å². The topological polar surface area (TPSA) is 46.9 Å². The van der Waals surface area contributed by atoms with Crippen molar-refractivity contribution in [2.75, 3.05) is 5.43 Å². The number of carbonyl (C=O) groups excluding carboxylic acids is 1. The molecule has 1 N–H and O–H groups in total. The number of rotatable bonds is 2. The summed E-state index contributed by atoms with van der Waals surface area (Å²) < 4.78 is 2.42. The van der Waals surface area contributed by atoms with Crippen LogP contribution in [0, 0.1) is 13.8 Å². The average Bonchev–Trinajstić information content (AvgIpc) is 2.61. The van der Waals surface area contributed by atoms with Gasteiger partial charge in [-0.2, -0.15) is 0 Å². The summed E-state index contributed by atoms with van der Waals surface area (Å²) in [7, 11) is 0. The third-order valence-electron chi connectivity index (χ3n) is 2.46. The monoisotopic (exact) mass is 293 g/mol. The smallest absolute Gasteiger partial charge is 0.266 e. The number of nitrogens with one attached hydrogen (secondary N) is 1. The standard InChI is InChI=1S/C12H12BrN3O/c1-8-5-6-9(2)16(8)15-12(17)11-10(13)4-3-7-14-11/h3-7H,1-2H3,(H,15,17). The van der Waals surface area contributed by atoms with Crippen molar-refractivity contribution < 1.29 is 4.79 Å². The second kappa shape index (κ2) is 4.71. The van der Waals surface area contributed by atoms with Gasteiger partial charge in [-0.1, -0.05) is 0 Å². The molecule has 0 spiro atoms. The van der Waals surface area contributed by atoms with E-state index in [0.717, 1.165) is 11.4 Å². The summed E-state index contributed by atoms with van der Waals surface area (Å²) in [5.74, 6) is -0.236. The van der Waals surface area contributed by atoms with Gasteiger partial charge in [-0.05, 0) is 54.0 Å². The minimum Gasteiger partial charge on any atom is -0.266 e. The second-order valence-electron chi connectivity index (χ2n) is 3.73. The van der Waals surface area contributed by atoms with Crippen LogP contribution in [0.3, 0.4) is 0 Å². The maximum Gasteiger partial charge on any atom is 0.289 e. The van der Waals surface area contributed by atoms with Crippen molar-refractivity contribution in [3.8, 4) is 0 Å². The molecule has 0 aliphatic rings. The summed E-state index contributed by atoms with van der Waals surface area (Å²) in [5, 5.41) is 0. The maximum absolute atomic E-state index is 12.0. The minimum absolute atomic E-state index is 0.236. The largest absolute Gasteiger partial charge is 0.289 e. The van der Waals surface area contributed by atoms with Crippen molar-refractivity contribution in [1.82, 2.24) is 9.66 Å². The third-order valence-corrected chi connectivity index (χ3v) is 3.10. The van der Waals surface area contributed by atoms with Gasteiger partial charge in [0.1, 0.15) is 5.69 Å². The first kappa shape index (κ1) is 11.9. The molecule has 2 heterocycles. The summed E-state index contributed by atoms with van der Waals surface area (Å²) in [6.07, 6.45) is 1.59. The van der Waals surface area contributed by atoms with Gasteiger partial charge in [0.15, 0.2) is 0 Å². The highest BCUT2D eigenvalue weighted by Gasteiger charge is 2.12. The van der Waals surface area contributed by atoms with Gasteiger partial charge in [-0.3, -0.25) is 14.9 Å². The highest BCUT2D eigenvalue weighted by atomic mass is 79.9. The fourth-order valence-electron chi connectivity index (χ4n) is 1.55. The molecular weight excluding hydrogens is 282 g/mol. The van der Waals surface area contributed by atoms with Crippen LogP contribution in [0.1, 0.15) is 21.9 Å². The molecule has 0 saturated carbocycles. The number of amides is 1. The van der Waals surface area contributed by atoms with Crippen molar-refractivity contribution in [3.63, 3.8) is 0 Å². The Morgan fingerprint density at radius 3 is 2.53 bits per heavy atom. The van der Waals surface area contributed by atoms with E-state index in [0.29, 0.717) is 10.2 Å². The number of aryl methyl sites for hydroxylation is 2. The first-order valence-corrected chi connectivity index (χ1v) is 5.95. The van der Waals surface area contributed by atoms with Crippen LogP contribution in [-0.4, -0.2) is 15.6 Å². The molecule has 0 bridgehead atoms. The Morgan fingerprint density at radius 2 is 1.94 bits per heavy atom. The number of pyridine rings is 1. The summed E-state index contributed by atoms with van der Waals surface area (Å²) in [6.45, 7) is 3.86. The zero-order valence-electron chi connectivity index (χ0n) is 9.57. The molecule has 1 amide bonds. The van der Waals surface area contributed by atoms with Crippen molar-refractivity contribution >= 4 is 21.8 Å². The van der Waals surface area contributed by atoms with Crippen molar-refractivity contribution in [3.05, 3.63) is 52.0 Å². The van der Waals surface area contributed by atoms with Gasteiger partial charge in [0, 0.05) is 22.1 Å². The number of hydrogen-bond donors (Lipinski definition) is 1. The zero-order valence-corrected chi connectivity index (χ0v) is 11.2. The van der Waals surface area contributed by atoms with Gasteiger partial charge < -0.3 is 0 Å². The van der Waals surface area contributed by atoms with Gasteiger partial charge in [0.2, 0.25) is 0 Å². The molecule has 0 unspecified atom stereocenters. The van der Waals surface area contributed by atoms with E-state index in [1.54, 1.807) is 23.0 Å². The lowest BCUT2D eigenvalue weighted by molar-refractivity contribution is 0.100. The van der Waals surface area contributed by atoms with E-state index >= 15 is 0 Å². The lowest BCUT2D eigenvalue weighted by atomic mass is 10.3. The molecule has 2 aromatic rings. The van der Waals surface area contributed by atoms with Crippen LogP contribution in [-0.2, 0) is 0 Å². The van der Waals surface area contributed by atoms with E-state index in [-0.39, 0.29) is 5.91 Å². The Kier molecular flexibility index (Phi) is 3.28. The molecule has 0 saturated heterocycles. The summed E-state index contributed by atoms with van der Waals surface area (Å²) in [4.78, 5) is 16.1. The van der Waals surface area contributed by atoms with E-state index in [1.807, 2.05) is 26.0 Å². The maximum atomic E-state index is 12.0. The number of halogens is 1. The predicted molar refractivity (Wildman–Crippen MR) is 69.5 cm³/mol. The van der Waals surface area contributed by atoms with Crippen molar-refractivity contribution in [1.29, 1.82) is 0 Å². The number of carbonyl (C=O) groups is 1. The summed E-state index contributed by atoms with van der Waals surface area (Å²) in [5.41, 5.74) is 5.13. The molecule has 0 radical (unpaired) electrons. The van der Waals surface area contributed by atoms with Crippen molar-refractivity contribution in [2.24, 2.45) is 0 Å². The molecule has 0 aromatic carbocycles. The van der Waals surface area contributed by atoms with Crippen LogP contribution in [0.15, 0.2) is 34.9 Å². The number of aromatic nitrogens is 2. The highest BCUT2D eigenvalue weighted by Crippen LogP contribution is 2.14. The van der Waals surface area contributed by atoms with Crippen LogP contribution in [0.4, 0.5) is 0 Å². The summed E-state index contributed by atoms with van der Waals surface area (Å²) >= 11 is 3.31. The van der Waals surface area contributed by atoms with Gasteiger partial charge in [-0.15, -0.1) is 0 Å². The van der Waals surface area contributed by atoms with Gasteiger partial charge in [-0.25, -0.2) is 4.98 Å². The van der Waals surface area contributed by atoms with Crippen LogP contribution in [0.25, 0.3) is 0 Å². The van der Waals surface area contributed by atoms with Crippen LogP contribution in [0.2, 0.25) is 0 Å². The van der Waals surface area contributed by atoms with E-state index in [4.69, 9.17) is 0 Å². The number of nitrogens with zero attached hydrogens (tertiary/aromatic N) is 2. The molecule has 88 valence electrons. The minimum atomic E-state index is -0.236. The highest BCUT2D eigenvalue weighted by molar-refractivity contribution is 9.10. The average molecular weight is 294 g/mol. The number of hydrogen-bond acceptors (Lipinski definition) is 2. The SMILES string of the molecule is Cc1ccc(C)n1NC(=O)c1ncccc1Br. The third kappa shape index (κ3) is 2.39. The second-order valence-corrected chi connectivity index (χ2v) is 4.58. The van der Waals surface area contributed by atoms with Gasteiger partial charge in [0.25, 0.3) is 5.91 Å². The van der Waals surface area contributed by atoms with E-state index in [2.05, 4.69) is 26.3 Å².